The Morgan fingerprint density at radius 3 is 2.94 bits per heavy atom. The van der Waals surface area contributed by atoms with Gasteiger partial charge in [-0.05, 0) is 18.2 Å². The third-order valence-corrected chi connectivity index (χ3v) is 2.36. The standard InChI is InChI=1S/C12H10O4/c13-7-10-4-5-11(16-10)8-2-1-3-9(6-8)12(14)15/h1-3,5-7,10H,4H2,(H,14,15). The molecule has 0 aliphatic carbocycles. The molecule has 1 aromatic carbocycles. The molecule has 0 aromatic heterocycles. The van der Waals surface area contributed by atoms with E-state index in [0.717, 1.165) is 6.29 Å². The summed E-state index contributed by atoms with van der Waals surface area (Å²) in [4.78, 5) is 21.3. The maximum absolute atomic E-state index is 10.8. The summed E-state index contributed by atoms with van der Waals surface area (Å²) in [5.74, 6) is -0.410. The Hall–Kier alpha value is -2.10. The molecule has 1 atom stereocenters. The maximum Gasteiger partial charge on any atom is 0.335 e. The zero-order valence-corrected chi connectivity index (χ0v) is 8.42. The van der Waals surface area contributed by atoms with Gasteiger partial charge in [0, 0.05) is 12.0 Å². The van der Waals surface area contributed by atoms with Gasteiger partial charge in [-0.15, -0.1) is 0 Å². The zero-order valence-electron chi connectivity index (χ0n) is 8.42. The van der Waals surface area contributed by atoms with Gasteiger partial charge < -0.3 is 9.84 Å². The summed E-state index contributed by atoms with van der Waals surface area (Å²) in [6.07, 6.45) is 2.63. The molecule has 0 saturated carbocycles. The van der Waals surface area contributed by atoms with Gasteiger partial charge >= 0.3 is 5.97 Å². The minimum absolute atomic E-state index is 0.205. The van der Waals surface area contributed by atoms with E-state index in [4.69, 9.17) is 9.84 Å². The zero-order chi connectivity index (χ0) is 11.5. The van der Waals surface area contributed by atoms with Crippen molar-refractivity contribution < 1.29 is 19.4 Å². The van der Waals surface area contributed by atoms with E-state index in [2.05, 4.69) is 0 Å². The number of carboxylic acid groups (broad SMARTS) is 1. The van der Waals surface area contributed by atoms with Gasteiger partial charge in [-0.2, -0.15) is 0 Å². The lowest BCUT2D eigenvalue weighted by molar-refractivity contribution is -0.113. The number of carbonyl (C=O) groups excluding carboxylic acids is 1. The number of ether oxygens (including phenoxy) is 1. The number of carboxylic acids is 1. The lowest BCUT2D eigenvalue weighted by Crippen LogP contribution is -2.06. The topological polar surface area (TPSA) is 63.6 Å². The molecular formula is C12H10O4. The average Bonchev–Trinajstić information content (AvgIpc) is 2.77. The van der Waals surface area contributed by atoms with Gasteiger partial charge in [0.15, 0.2) is 12.4 Å². The first kappa shape index (κ1) is 10.4. The van der Waals surface area contributed by atoms with Crippen LogP contribution in [0.5, 0.6) is 0 Å². The van der Waals surface area contributed by atoms with E-state index in [1.807, 2.05) is 0 Å². The second kappa shape index (κ2) is 4.18. The SMILES string of the molecule is O=CC1CC=C(c2cccc(C(=O)O)c2)O1. The molecule has 0 bridgehead atoms. The van der Waals surface area contributed by atoms with Gasteiger partial charge in [-0.25, -0.2) is 4.79 Å². The highest BCUT2D eigenvalue weighted by Gasteiger charge is 2.18. The highest BCUT2D eigenvalue weighted by Crippen LogP contribution is 2.25. The van der Waals surface area contributed by atoms with Crippen LogP contribution in [0.4, 0.5) is 0 Å². The summed E-state index contributed by atoms with van der Waals surface area (Å²) in [7, 11) is 0. The molecule has 1 aromatic rings. The number of hydrogen-bond acceptors (Lipinski definition) is 3. The van der Waals surface area contributed by atoms with E-state index in [9.17, 15) is 9.59 Å². The van der Waals surface area contributed by atoms with Crippen molar-refractivity contribution in [3.8, 4) is 0 Å². The number of aldehydes is 1. The minimum Gasteiger partial charge on any atom is -0.482 e. The van der Waals surface area contributed by atoms with Crippen LogP contribution in [0.15, 0.2) is 30.3 Å². The number of benzene rings is 1. The lowest BCUT2D eigenvalue weighted by atomic mass is 10.1. The van der Waals surface area contributed by atoms with Crippen molar-refractivity contribution in [2.45, 2.75) is 12.5 Å². The van der Waals surface area contributed by atoms with Gasteiger partial charge in [0.2, 0.25) is 0 Å². The highest BCUT2D eigenvalue weighted by atomic mass is 16.5. The van der Waals surface area contributed by atoms with Crippen molar-refractivity contribution in [2.24, 2.45) is 0 Å². The van der Waals surface area contributed by atoms with E-state index >= 15 is 0 Å². The molecule has 0 spiro atoms. The summed E-state index contributed by atoms with van der Waals surface area (Å²) in [5, 5.41) is 8.83. The van der Waals surface area contributed by atoms with Crippen molar-refractivity contribution in [2.75, 3.05) is 0 Å². The van der Waals surface area contributed by atoms with Crippen molar-refractivity contribution >= 4 is 18.0 Å². The van der Waals surface area contributed by atoms with Crippen LogP contribution >= 0.6 is 0 Å². The fourth-order valence-corrected chi connectivity index (χ4v) is 1.56. The van der Waals surface area contributed by atoms with Crippen molar-refractivity contribution in [3.63, 3.8) is 0 Å². The summed E-state index contributed by atoms with van der Waals surface area (Å²) in [5.41, 5.74) is 0.890. The summed E-state index contributed by atoms with van der Waals surface area (Å²) in [6, 6.07) is 6.45. The van der Waals surface area contributed by atoms with Gasteiger partial charge in [-0.1, -0.05) is 12.1 Å². The Morgan fingerprint density at radius 2 is 2.31 bits per heavy atom. The number of carbonyl (C=O) groups is 2. The van der Waals surface area contributed by atoms with Crippen LogP contribution in [0, 0.1) is 0 Å². The summed E-state index contributed by atoms with van der Waals surface area (Å²) < 4.78 is 5.33. The predicted molar refractivity (Wildman–Crippen MR) is 56.9 cm³/mol. The molecule has 0 radical (unpaired) electrons. The van der Waals surface area contributed by atoms with Crippen molar-refractivity contribution in [1.29, 1.82) is 0 Å². The van der Waals surface area contributed by atoms with Crippen LogP contribution in [0.2, 0.25) is 0 Å². The van der Waals surface area contributed by atoms with Crippen LogP contribution in [0.25, 0.3) is 5.76 Å². The first-order chi connectivity index (χ1) is 7.70. The Balaban J connectivity index is 2.25. The highest BCUT2D eigenvalue weighted by molar-refractivity contribution is 5.88. The largest absolute Gasteiger partial charge is 0.482 e. The molecule has 4 nitrogen and oxygen atoms in total. The van der Waals surface area contributed by atoms with E-state index in [1.165, 1.54) is 12.1 Å². The molecule has 4 heteroatoms. The fraction of sp³-hybridized carbons (Fsp3) is 0.167. The van der Waals surface area contributed by atoms with Gasteiger partial charge in [0.05, 0.1) is 5.56 Å². The molecule has 1 aliphatic heterocycles. The van der Waals surface area contributed by atoms with Crippen LogP contribution in [-0.2, 0) is 9.53 Å². The maximum atomic E-state index is 10.8. The molecule has 0 fully saturated rings. The van der Waals surface area contributed by atoms with E-state index in [0.29, 0.717) is 17.7 Å². The Bertz CT molecular complexity index is 462. The Labute approximate surface area is 92.2 Å². The Morgan fingerprint density at radius 1 is 1.50 bits per heavy atom. The fourth-order valence-electron chi connectivity index (χ4n) is 1.56. The first-order valence-electron chi connectivity index (χ1n) is 4.86. The molecular weight excluding hydrogens is 208 g/mol. The second-order valence-electron chi connectivity index (χ2n) is 3.48. The summed E-state index contributed by atoms with van der Waals surface area (Å²) in [6.45, 7) is 0. The average molecular weight is 218 g/mol. The molecule has 16 heavy (non-hydrogen) atoms. The van der Waals surface area contributed by atoms with E-state index in [-0.39, 0.29) is 5.56 Å². The van der Waals surface area contributed by atoms with Gasteiger partial charge in [0.25, 0.3) is 0 Å². The molecule has 0 amide bonds. The Kier molecular flexibility index (Phi) is 2.72. The third-order valence-electron chi connectivity index (χ3n) is 2.36. The predicted octanol–water partition coefficient (Wildman–Crippen LogP) is 1.71. The quantitative estimate of drug-likeness (QED) is 0.784. The third kappa shape index (κ3) is 1.95. The lowest BCUT2D eigenvalue weighted by Gasteiger charge is -2.07. The summed E-state index contributed by atoms with van der Waals surface area (Å²) >= 11 is 0. The van der Waals surface area contributed by atoms with Crippen LogP contribution in [0.1, 0.15) is 22.3 Å². The number of hydrogen-bond donors (Lipinski definition) is 1. The van der Waals surface area contributed by atoms with Crippen molar-refractivity contribution in [1.82, 2.24) is 0 Å². The monoisotopic (exact) mass is 218 g/mol. The minimum atomic E-state index is -0.979. The van der Waals surface area contributed by atoms with E-state index in [1.54, 1.807) is 18.2 Å². The van der Waals surface area contributed by atoms with E-state index < -0.39 is 12.1 Å². The smallest absolute Gasteiger partial charge is 0.335 e. The van der Waals surface area contributed by atoms with Gasteiger partial charge in [0.1, 0.15) is 5.76 Å². The van der Waals surface area contributed by atoms with Gasteiger partial charge in [-0.3, -0.25) is 4.79 Å². The second-order valence-corrected chi connectivity index (χ2v) is 3.48. The molecule has 82 valence electrons. The van der Waals surface area contributed by atoms with Crippen LogP contribution < -0.4 is 0 Å². The molecule has 1 N–H and O–H groups in total. The molecule has 0 saturated heterocycles. The van der Waals surface area contributed by atoms with Crippen LogP contribution in [-0.4, -0.2) is 23.5 Å². The molecule has 1 heterocycles. The van der Waals surface area contributed by atoms with Crippen LogP contribution in [0.3, 0.4) is 0 Å². The first-order valence-corrected chi connectivity index (χ1v) is 4.86. The number of aromatic carboxylic acids is 1. The number of rotatable bonds is 3. The normalized spacial score (nSPS) is 18.8. The van der Waals surface area contributed by atoms with Crippen molar-refractivity contribution in [3.05, 3.63) is 41.5 Å². The molecule has 1 unspecified atom stereocenters. The molecule has 1 aliphatic rings. The molecule has 2 rings (SSSR count).